The third-order valence-electron chi connectivity index (χ3n) is 4.34. The van der Waals surface area contributed by atoms with Crippen molar-refractivity contribution in [3.63, 3.8) is 0 Å². The largest absolute Gasteiger partial charge is 0.504 e. The first-order valence-electron chi connectivity index (χ1n) is 9.53. The van der Waals surface area contributed by atoms with Gasteiger partial charge in [0.25, 0.3) is 10.1 Å². The van der Waals surface area contributed by atoms with Crippen LogP contribution in [-0.2, 0) is 19.5 Å². The number of benzene rings is 3. The van der Waals surface area contributed by atoms with Gasteiger partial charge in [0.15, 0.2) is 5.75 Å². The molecule has 3 aromatic rings. The Morgan fingerprint density at radius 2 is 1.81 bits per heavy atom. The van der Waals surface area contributed by atoms with Gasteiger partial charge in [-0.3, -0.25) is 9.98 Å². The Morgan fingerprint density at radius 1 is 1.08 bits per heavy atom. The molecule has 14 nitrogen and oxygen atoms in total. The number of carboxylic acids is 1. The number of phenols is 1. The average Bonchev–Trinajstić information content (AvgIpc) is 2.85. The smallest absolute Gasteiger partial charge is 0.338 e. The van der Waals surface area contributed by atoms with Crippen LogP contribution in [0.3, 0.4) is 0 Å². The van der Waals surface area contributed by atoms with Crippen molar-refractivity contribution in [2.75, 3.05) is 11.2 Å². The lowest BCUT2D eigenvalue weighted by molar-refractivity contribution is -0.432. The fourth-order valence-corrected chi connectivity index (χ4v) is 3.63. The van der Waals surface area contributed by atoms with Crippen molar-refractivity contribution in [3.8, 4) is 5.75 Å². The highest BCUT2D eigenvalue weighted by Gasteiger charge is 2.17. The molecule has 0 aromatic heterocycles. The summed E-state index contributed by atoms with van der Waals surface area (Å²) in [5.74, 6) is -1.95. The number of hydrogen-bond acceptors (Lipinski definition) is 12. The van der Waals surface area contributed by atoms with Crippen LogP contribution >= 0.6 is 12.0 Å². The van der Waals surface area contributed by atoms with Gasteiger partial charge in [0.1, 0.15) is 11.4 Å². The Bertz CT molecular complexity index is 1430. The third kappa shape index (κ3) is 6.75. The monoisotopic (exact) mass is 535 g/mol. The Balaban J connectivity index is 2.01. The maximum atomic E-state index is 11.7. The summed E-state index contributed by atoms with van der Waals surface area (Å²) >= 11 is 0.557. The summed E-state index contributed by atoms with van der Waals surface area (Å²) < 4.78 is 36.5. The SMILES string of the molecule is Nc1cc(S(=O)(=O)O)cc(NN=C(N=Nc2ccc(SOOO)cc2C(=O)O)c2ccccc2)c1O. The van der Waals surface area contributed by atoms with E-state index in [0.717, 1.165) is 12.1 Å². The molecule has 0 heterocycles. The zero-order valence-corrected chi connectivity index (χ0v) is 19.5. The molecule has 188 valence electrons. The van der Waals surface area contributed by atoms with Gasteiger partial charge in [-0.1, -0.05) is 35.4 Å². The van der Waals surface area contributed by atoms with Crippen molar-refractivity contribution in [1.82, 2.24) is 0 Å². The number of hydrogen-bond donors (Lipinski definition) is 6. The van der Waals surface area contributed by atoms with Crippen LogP contribution in [0.2, 0.25) is 0 Å². The number of nitrogen functional groups attached to an aromatic ring is 1. The number of aromatic carboxylic acids is 1. The second-order valence-electron chi connectivity index (χ2n) is 6.71. The molecule has 0 aliphatic heterocycles. The van der Waals surface area contributed by atoms with E-state index < -0.39 is 26.7 Å². The number of nitrogens with zero attached hydrogens (tertiary/aromatic N) is 3. The lowest BCUT2D eigenvalue weighted by Gasteiger charge is -2.09. The Labute approximate surface area is 207 Å². The zero-order valence-electron chi connectivity index (χ0n) is 17.8. The summed E-state index contributed by atoms with van der Waals surface area (Å²) in [5.41, 5.74) is 7.55. The molecule has 3 rings (SSSR count). The molecule has 0 saturated heterocycles. The first-order chi connectivity index (χ1) is 17.1. The molecule has 0 radical (unpaired) electrons. The minimum absolute atomic E-state index is 0.0548. The van der Waals surface area contributed by atoms with E-state index in [2.05, 4.69) is 30.1 Å². The molecule has 0 atom stereocenters. The van der Waals surface area contributed by atoms with Gasteiger partial charge in [-0.15, -0.1) is 14.6 Å². The van der Waals surface area contributed by atoms with Crippen molar-refractivity contribution in [1.29, 1.82) is 0 Å². The number of carboxylic acid groups (broad SMARTS) is 1. The minimum atomic E-state index is -4.63. The molecule has 36 heavy (non-hydrogen) atoms. The van der Waals surface area contributed by atoms with E-state index in [9.17, 15) is 28.0 Å². The van der Waals surface area contributed by atoms with E-state index >= 15 is 0 Å². The van der Waals surface area contributed by atoms with E-state index in [0.29, 0.717) is 17.6 Å². The molecular formula is C20H17N5O9S2. The number of nitrogens with one attached hydrogen (secondary N) is 1. The highest BCUT2D eigenvalue weighted by atomic mass is 32.2. The van der Waals surface area contributed by atoms with Gasteiger partial charge in [-0.2, -0.15) is 13.5 Å². The van der Waals surface area contributed by atoms with Gasteiger partial charge in [-0.25, -0.2) is 10.1 Å². The summed E-state index contributed by atoms with van der Waals surface area (Å²) in [6.45, 7) is 0. The number of amidine groups is 1. The van der Waals surface area contributed by atoms with Crippen LogP contribution in [0, 0.1) is 0 Å². The van der Waals surface area contributed by atoms with Crippen LogP contribution < -0.4 is 11.2 Å². The normalized spacial score (nSPS) is 12.1. The van der Waals surface area contributed by atoms with E-state index in [1.165, 1.54) is 18.2 Å². The van der Waals surface area contributed by atoms with E-state index in [-0.39, 0.29) is 33.4 Å². The summed E-state index contributed by atoms with van der Waals surface area (Å²) in [6.07, 6.45) is 0. The van der Waals surface area contributed by atoms with Gasteiger partial charge in [0, 0.05) is 10.5 Å². The fraction of sp³-hybridized carbons (Fsp3) is 0. The van der Waals surface area contributed by atoms with Crippen molar-refractivity contribution in [2.24, 2.45) is 15.3 Å². The van der Waals surface area contributed by atoms with Crippen molar-refractivity contribution < 1.29 is 42.6 Å². The number of aromatic hydroxyl groups is 1. The third-order valence-corrected chi connectivity index (χ3v) is 5.74. The number of nitrogens with two attached hydrogens (primary N) is 1. The first-order valence-corrected chi connectivity index (χ1v) is 11.7. The van der Waals surface area contributed by atoms with Gasteiger partial charge in [0.05, 0.1) is 28.2 Å². The van der Waals surface area contributed by atoms with E-state index in [4.69, 9.17) is 11.0 Å². The minimum Gasteiger partial charge on any atom is -0.504 e. The lowest BCUT2D eigenvalue weighted by atomic mass is 10.2. The highest BCUT2D eigenvalue weighted by molar-refractivity contribution is 7.94. The number of phenolic OH excluding ortho intramolecular Hbond substituents is 1. The van der Waals surface area contributed by atoms with Crippen molar-refractivity contribution in [2.45, 2.75) is 9.79 Å². The average molecular weight is 536 g/mol. The molecule has 3 aromatic carbocycles. The maximum absolute atomic E-state index is 11.7. The van der Waals surface area contributed by atoms with Crippen LogP contribution in [0.1, 0.15) is 15.9 Å². The zero-order chi connectivity index (χ0) is 26.3. The lowest BCUT2D eigenvalue weighted by Crippen LogP contribution is -2.04. The number of rotatable bonds is 9. The number of anilines is 2. The van der Waals surface area contributed by atoms with Crippen LogP contribution in [0.25, 0.3) is 0 Å². The molecular weight excluding hydrogens is 518 g/mol. The Morgan fingerprint density at radius 3 is 2.44 bits per heavy atom. The van der Waals surface area contributed by atoms with Gasteiger partial charge < -0.3 is 15.9 Å². The summed E-state index contributed by atoms with van der Waals surface area (Å²) in [5, 5.41) is 43.4. The number of azo groups is 1. The van der Waals surface area contributed by atoms with Crippen LogP contribution in [0.15, 0.2) is 85.8 Å². The molecule has 0 amide bonds. The second kappa shape index (κ2) is 11.6. The van der Waals surface area contributed by atoms with Crippen molar-refractivity contribution in [3.05, 3.63) is 71.8 Å². The second-order valence-corrected chi connectivity index (χ2v) is 8.90. The molecule has 0 aliphatic rings. The summed E-state index contributed by atoms with van der Waals surface area (Å²) in [4.78, 5) is 11.4. The summed E-state index contributed by atoms with van der Waals surface area (Å²) in [7, 11) is -4.63. The van der Waals surface area contributed by atoms with Gasteiger partial charge in [-0.05, 0) is 30.3 Å². The summed E-state index contributed by atoms with van der Waals surface area (Å²) in [6, 6.07) is 14.0. The predicted octanol–water partition coefficient (Wildman–Crippen LogP) is 3.91. The molecule has 0 saturated carbocycles. The molecule has 7 N–H and O–H groups in total. The quantitative estimate of drug-likeness (QED) is 0.0264. The highest BCUT2D eigenvalue weighted by Crippen LogP contribution is 2.33. The molecule has 0 fully saturated rings. The van der Waals surface area contributed by atoms with Gasteiger partial charge in [0.2, 0.25) is 5.84 Å². The number of hydrazone groups is 1. The molecule has 0 spiro atoms. The molecule has 0 unspecified atom stereocenters. The van der Waals surface area contributed by atoms with Crippen LogP contribution in [-0.4, -0.2) is 40.2 Å². The molecule has 16 heteroatoms. The molecule has 0 aliphatic carbocycles. The van der Waals surface area contributed by atoms with E-state index in [1.54, 1.807) is 30.3 Å². The maximum Gasteiger partial charge on any atom is 0.338 e. The first kappa shape index (κ1) is 26.5. The predicted molar refractivity (Wildman–Crippen MR) is 128 cm³/mol. The topological polar surface area (TPSA) is 226 Å². The Hall–Kier alpha value is -4.06. The fourth-order valence-electron chi connectivity index (χ4n) is 2.69. The number of carbonyl (C=O) groups is 1. The van der Waals surface area contributed by atoms with Crippen LogP contribution in [0.5, 0.6) is 5.75 Å². The van der Waals surface area contributed by atoms with Gasteiger partial charge >= 0.3 is 5.97 Å². The Kier molecular flexibility index (Phi) is 8.54. The van der Waals surface area contributed by atoms with Crippen LogP contribution in [0.4, 0.5) is 17.1 Å². The molecule has 0 bridgehead atoms. The van der Waals surface area contributed by atoms with Crippen molar-refractivity contribution >= 4 is 51.0 Å². The van der Waals surface area contributed by atoms with E-state index in [1.807, 2.05) is 0 Å². The standard InChI is InChI=1S/C20H17N5O9S2/c21-15-9-13(36(30,31)32)10-17(18(15)26)23-25-19(11-4-2-1-3-5-11)24-22-16-7-6-12(35-34-33-29)8-14(16)20(27)28/h1-10,23,26,29H,21H2,(H,27,28)(H,30,31,32).